The summed E-state index contributed by atoms with van der Waals surface area (Å²) in [6.45, 7) is 7.29. The van der Waals surface area contributed by atoms with Gasteiger partial charge < -0.3 is 0 Å². The van der Waals surface area contributed by atoms with Gasteiger partial charge in [0.05, 0.1) is 0 Å². The standard InChI is InChI=1S/2C10H9.2ClH.Si.Zr/c2*1-8-6-9-4-2-3-5-10(9)7-8;;;;/h2*2-7H,1H3;2*1H;;/q2*-1;;;;+2/p-2. The van der Waals surface area contributed by atoms with Crippen molar-refractivity contribution in [2.24, 2.45) is 0 Å². The van der Waals surface area contributed by atoms with Gasteiger partial charge in [-0.15, -0.1) is 81.2 Å². The zero-order valence-corrected chi connectivity index (χ0v) is 18.7. The van der Waals surface area contributed by atoms with E-state index in [0.29, 0.717) is 0 Å². The monoisotopic (exact) mass is 446 g/mol. The van der Waals surface area contributed by atoms with Crippen LogP contribution < -0.4 is 0 Å². The Balaban J connectivity index is 0.000000143. The molecule has 0 spiro atoms. The Morgan fingerprint density at radius 3 is 1.42 bits per heavy atom. The van der Waals surface area contributed by atoms with Crippen LogP contribution in [-0.4, -0.2) is 6.88 Å². The fourth-order valence-electron chi connectivity index (χ4n) is 2.61. The maximum atomic E-state index is 5.15. The third-order valence-corrected chi connectivity index (χ3v) is 3.52. The predicted octanol–water partition coefficient (Wildman–Crippen LogP) is 6.73. The zero-order chi connectivity index (χ0) is 17.5. The third-order valence-electron chi connectivity index (χ3n) is 3.52. The number of benzene rings is 2. The van der Waals surface area contributed by atoms with Gasteiger partial charge in [-0.25, -0.2) is 0 Å². The molecule has 4 aromatic rings. The molecule has 0 heterocycles. The van der Waals surface area contributed by atoms with E-state index in [4.69, 9.17) is 17.0 Å². The van der Waals surface area contributed by atoms with Crippen LogP contribution in [0.3, 0.4) is 0 Å². The van der Waals surface area contributed by atoms with E-state index in [2.05, 4.69) is 93.5 Å². The van der Waals surface area contributed by atoms with Gasteiger partial charge in [0, 0.05) is 0 Å². The van der Waals surface area contributed by atoms with Gasteiger partial charge in [0.1, 0.15) is 0 Å². The van der Waals surface area contributed by atoms with E-state index in [0.717, 1.165) is 0 Å². The summed E-state index contributed by atoms with van der Waals surface area (Å²) in [5.74, 6) is 0. The summed E-state index contributed by atoms with van der Waals surface area (Å²) in [5.41, 5.74) is 2.70. The summed E-state index contributed by atoms with van der Waals surface area (Å²) in [6.07, 6.45) is 0. The number of halogens is 2. The van der Waals surface area contributed by atoms with Crippen molar-refractivity contribution in [3.05, 3.63) is 83.9 Å². The average Bonchev–Trinajstić information content (AvgIpc) is 3.07. The number of hydrogen-bond donors (Lipinski definition) is 0. The molecule has 0 atom stereocenters. The fraction of sp³-hybridized carbons (Fsp3) is 0.100. The Kier molecular flexibility index (Phi) is 7.97. The number of hydrogen-bond acceptors (Lipinski definition) is 0. The second-order valence-corrected chi connectivity index (χ2v) is 19.2. The summed E-state index contributed by atoms with van der Waals surface area (Å²) in [7, 11) is 10.3. The Bertz CT molecular complexity index is 795. The van der Waals surface area contributed by atoms with Gasteiger partial charge in [0.25, 0.3) is 0 Å². The van der Waals surface area contributed by atoms with Crippen LogP contribution in [0.2, 0.25) is 0 Å². The van der Waals surface area contributed by atoms with Crippen molar-refractivity contribution < 1.29 is 18.0 Å². The van der Waals surface area contributed by atoms with Crippen LogP contribution in [0.15, 0.2) is 72.8 Å². The van der Waals surface area contributed by atoms with Crippen LogP contribution in [0, 0.1) is 13.8 Å². The first-order valence-electron chi connectivity index (χ1n) is 7.59. The minimum absolute atomic E-state index is 1.35. The van der Waals surface area contributed by atoms with Gasteiger partial charge in [0.15, 0.2) is 0 Å². The van der Waals surface area contributed by atoms with E-state index in [1.54, 1.807) is 0 Å². The van der Waals surface area contributed by atoms with Crippen LogP contribution in [0.4, 0.5) is 0 Å². The molecule has 122 valence electrons. The fourth-order valence-corrected chi connectivity index (χ4v) is 2.61. The van der Waals surface area contributed by atoms with Crippen molar-refractivity contribution >= 4 is 45.4 Å². The molecule has 0 aliphatic heterocycles. The Labute approximate surface area is 160 Å². The Morgan fingerprint density at radius 1 is 0.750 bits per heavy atom. The quantitative estimate of drug-likeness (QED) is 0.207. The molecule has 0 amide bonds. The molecule has 0 bridgehead atoms. The van der Waals surface area contributed by atoms with E-state index in [1.165, 1.54) is 32.7 Å². The normalized spacial score (nSPS) is 9.83. The van der Waals surface area contributed by atoms with Gasteiger partial charge in [-0.05, 0) is 0 Å². The molecule has 4 aromatic carbocycles. The second kappa shape index (κ2) is 9.73. The van der Waals surface area contributed by atoms with Crippen molar-refractivity contribution in [3.8, 4) is 0 Å². The molecule has 0 aliphatic rings. The Hall–Kier alpha value is -0.660. The number of aryl methyl sites for hydroxylation is 2. The summed E-state index contributed by atoms with van der Waals surface area (Å²) in [4.78, 5) is 0. The average molecular weight is 449 g/mol. The molecule has 4 heteroatoms. The van der Waals surface area contributed by atoms with Crippen molar-refractivity contribution in [1.29, 1.82) is 0 Å². The minimum atomic E-state index is -1.79. The molecular formula is C20H18Cl2SiZr-2. The molecule has 0 N–H and O–H groups in total. The molecular weight excluding hydrogens is 430 g/mol. The molecule has 0 fully saturated rings. The topological polar surface area (TPSA) is 0 Å². The van der Waals surface area contributed by atoms with E-state index in [9.17, 15) is 0 Å². The molecule has 0 saturated heterocycles. The van der Waals surface area contributed by atoms with E-state index in [1.807, 2.05) is 0 Å². The molecule has 0 aliphatic carbocycles. The van der Waals surface area contributed by atoms with Crippen LogP contribution >= 0.6 is 17.0 Å². The van der Waals surface area contributed by atoms with Gasteiger partial charge in [0.2, 0.25) is 0 Å². The van der Waals surface area contributed by atoms with Gasteiger partial charge in [-0.3, -0.25) is 0 Å². The first-order chi connectivity index (χ1) is 11.5. The summed E-state index contributed by atoms with van der Waals surface area (Å²) in [6, 6.07) is 25.7. The molecule has 4 rings (SSSR count). The summed E-state index contributed by atoms with van der Waals surface area (Å²) in [5, 5.41) is 5.39. The van der Waals surface area contributed by atoms with Crippen molar-refractivity contribution in [3.63, 3.8) is 0 Å². The van der Waals surface area contributed by atoms with Crippen LogP contribution in [0.5, 0.6) is 0 Å². The van der Waals surface area contributed by atoms with Crippen molar-refractivity contribution in [2.75, 3.05) is 0 Å². The molecule has 0 unspecified atom stereocenters. The first-order valence-corrected chi connectivity index (χ1v) is 18.1. The second-order valence-electron chi connectivity index (χ2n) is 5.58. The van der Waals surface area contributed by atoms with Crippen LogP contribution in [0.25, 0.3) is 21.5 Å². The molecule has 0 aromatic heterocycles. The SMILES string of the molecule is Cc1cc2ccccc2[cH-]1.Cc1cc2ccccc2[cH-]1.[Si]=[Zr]([Cl])[Cl]. The van der Waals surface area contributed by atoms with Gasteiger partial charge >= 0.3 is 41.9 Å². The predicted molar refractivity (Wildman–Crippen MR) is 106 cm³/mol. The molecule has 2 radical (unpaired) electrons. The summed E-state index contributed by atoms with van der Waals surface area (Å²) >= 11 is -1.79. The molecule has 24 heavy (non-hydrogen) atoms. The van der Waals surface area contributed by atoms with E-state index in [-0.39, 0.29) is 0 Å². The maximum absolute atomic E-state index is 5.15. The van der Waals surface area contributed by atoms with Crippen LogP contribution in [-0.2, 0) is 18.0 Å². The zero-order valence-electron chi connectivity index (χ0n) is 13.7. The summed E-state index contributed by atoms with van der Waals surface area (Å²) < 4.78 is 0. The van der Waals surface area contributed by atoms with Gasteiger partial charge in [-0.1, -0.05) is 26.0 Å². The van der Waals surface area contributed by atoms with E-state index < -0.39 is 18.0 Å². The first kappa shape index (κ1) is 19.7. The Morgan fingerprint density at radius 2 is 1.08 bits per heavy atom. The van der Waals surface area contributed by atoms with E-state index >= 15 is 0 Å². The van der Waals surface area contributed by atoms with Crippen LogP contribution in [0.1, 0.15) is 11.1 Å². The number of rotatable bonds is 0. The third kappa shape index (κ3) is 6.33. The molecule has 0 nitrogen and oxygen atoms in total. The molecule has 0 saturated carbocycles. The van der Waals surface area contributed by atoms with Gasteiger partial charge in [-0.2, -0.15) is 12.1 Å². The van der Waals surface area contributed by atoms with Crippen molar-refractivity contribution in [1.82, 2.24) is 0 Å². The number of fused-ring (bicyclic) bond motifs is 2. The van der Waals surface area contributed by atoms with Crippen molar-refractivity contribution in [2.45, 2.75) is 13.8 Å².